The molecule has 0 fully saturated rings. The second kappa shape index (κ2) is 18.0. The monoisotopic (exact) mass is 730 g/mol. The zero-order chi connectivity index (χ0) is 25.7. The van der Waals surface area contributed by atoms with Crippen molar-refractivity contribution in [1.29, 1.82) is 0 Å². The van der Waals surface area contributed by atoms with Gasteiger partial charge in [0.15, 0.2) is 5.75 Å². The van der Waals surface area contributed by atoms with Gasteiger partial charge in [0.05, 0.1) is 11.4 Å². The minimum absolute atomic E-state index is 0. The summed E-state index contributed by atoms with van der Waals surface area (Å²) >= 11 is 0. The number of hydrogen-bond acceptors (Lipinski definition) is 5. The summed E-state index contributed by atoms with van der Waals surface area (Å²) in [7, 11) is -1.21. The van der Waals surface area contributed by atoms with E-state index >= 15 is 0 Å². The predicted molar refractivity (Wildman–Crippen MR) is 143 cm³/mol. The molecular formula is C25H30F3IrN4O2P2+2. The Bertz CT molecular complexity index is 1060. The van der Waals surface area contributed by atoms with E-state index in [4.69, 9.17) is 9.05 Å². The van der Waals surface area contributed by atoms with Crippen LogP contribution in [-0.4, -0.2) is 41.7 Å². The molecule has 0 saturated heterocycles. The van der Waals surface area contributed by atoms with Crippen LogP contribution in [0.5, 0.6) is 11.5 Å². The summed E-state index contributed by atoms with van der Waals surface area (Å²) in [5.41, 5.74) is 0.264. The number of nitrogens with zero attached hydrogens (tertiary/aromatic N) is 4. The summed E-state index contributed by atoms with van der Waals surface area (Å²) in [5.74, 6) is 0.204. The first-order valence-corrected chi connectivity index (χ1v) is 15.3. The summed E-state index contributed by atoms with van der Waals surface area (Å²) in [4.78, 5) is 7.05. The van der Waals surface area contributed by atoms with Crippen LogP contribution >= 0.6 is 16.3 Å². The van der Waals surface area contributed by atoms with Crippen LogP contribution in [0.1, 0.15) is 5.82 Å². The molecule has 0 saturated carbocycles. The third-order valence-electron chi connectivity index (χ3n) is 3.54. The fourth-order valence-corrected chi connectivity index (χ4v) is 3.18. The van der Waals surface area contributed by atoms with Crippen LogP contribution in [0.4, 0.5) is 13.2 Å². The summed E-state index contributed by atoms with van der Waals surface area (Å²) in [6.07, 6.45) is -3.13. The van der Waals surface area contributed by atoms with Gasteiger partial charge in [-0.1, -0.05) is 24.3 Å². The molecule has 0 amide bonds. The maximum atomic E-state index is 12.1. The fraction of sp³-hybridized carbons (Fsp3) is 0.200. The van der Waals surface area contributed by atoms with E-state index in [1.165, 1.54) is 12.3 Å². The van der Waals surface area contributed by atoms with Crippen LogP contribution in [-0.2, 0) is 26.3 Å². The van der Waals surface area contributed by atoms with Gasteiger partial charge in [0.2, 0.25) is 0 Å². The van der Waals surface area contributed by atoms with Crippen LogP contribution in [0.15, 0.2) is 79.0 Å². The summed E-state index contributed by atoms with van der Waals surface area (Å²) < 4.78 is 47.7. The van der Waals surface area contributed by atoms with Crippen molar-refractivity contribution in [2.45, 2.75) is 6.18 Å². The molecule has 6 nitrogen and oxygen atoms in total. The molecule has 0 N–H and O–H groups in total. The number of aromatic nitrogens is 4. The van der Waals surface area contributed by atoms with Gasteiger partial charge in [0.25, 0.3) is 0 Å². The van der Waals surface area contributed by atoms with E-state index in [1.807, 2.05) is 61.3 Å². The number of pyridine rings is 1. The minimum Gasteiger partial charge on any atom is -0.413 e. The molecule has 1 unspecified atom stereocenters. The maximum absolute atomic E-state index is 12.1. The molecule has 12 heteroatoms. The Balaban J connectivity index is 0.000000586. The van der Waals surface area contributed by atoms with Gasteiger partial charge in [-0.05, 0) is 38.0 Å². The average Bonchev–Trinajstić information content (AvgIpc) is 3.32. The normalized spacial score (nSPS) is 10.8. The molecule has 2 aromatic carbocycles. The molecular weight excluding hydrogens is 699 g/mol. The molecule has 200 valence electrons. The standard InChI is InChI=1S/C13H12O2P.C8H4F3N4.C3H9P.CH3.Ir/c1-16(14-12-8-4-2-5-9-12)15-13-10-6-3-7-11-13;9-8(10,11)7-13-6(14-15-7)5-3-1-2-4-12-5;1-4(2)3;;/h2-10H,1H3;1-4H;1-3H3;1H3;/q2*-1;;-1;+3/p+2. The van der Waals surface area contributed by atoms with E-state index in [1.54, 1.807) is 12.1 Å². The number of rotatable bonds is 5. The average molecular weight is 730 g/mol. The van der Waals surface area contributed by atoms with E-state index in [2.05, 4.69) is 46.2 Å². The molecule has 0 bridgehead atoms. The Morgan fingerprint density at radius 3 is 2.00 bits per heavy atom. The first kappa shape index (κ1) is 34.6. The number of halogens is 3. The molecule has 37 heavy (non-hydrogen) atoms. The Hall–Kier alpha value is -2.37. The largest absolute Gasteiger partial charge is 3.00 e. The Labute approximate surface area is 232 Å². The van der Waals surface area contributed by atoms with E-state index in [-0.39, 0.29) is 47.0 Å². The predicted octanol–water partition coefficient (Wildman–Crippen LogP) is 6.67. The molecule has 0 spiro atoms. The molecule has 0 aliphatic rings. The van der Waals surface area contributed by atoms with Crippen molar-refractivity contribution < 1.29 is 42.3 Å². The topological polar surface area (TPSA) is 71.2 Å². The van der Waals surface area contributed by atoms with E-state index in [9.17, 15) is 13.2 Å². The molecule has 1 atom stereocenters. The van der Waals surface area contributed by atoms with E-state index in [0.717, 1.165) is 11.5 Å². The molecule has 0 radical (unpaired) electrons. The number of hydrogen-bond donors (Lipinski definition) is 0. The molecule has 4 rings (SSSR count). The van der Waals surface area contributed by atoms with Gasteiger partial charge in [-0.25, -0.2) is 0 Å². The van der Waals surface area contributed by atoms with Crippen molar-refractivity contribution in [2.75, 3.05) is 26.7 Å². The smallest absolute Gasteiger partial charge is 0.413 e. The third-order valence-corrected chi connectivity index (χ3v) is 4.57. The number of benzene rings is 2. The van der Waals surface area contributed by atoms with Crippen molar-refractivity contribution in [3.63, 3.8) is 0 Å². The number of para-hydroxylation sites is 2. The van der Waals surface area contributed by atoms with Crippen LogP contribution in [0.25, 0.3) is 11.5 Å². The molecule has 2 heterocycles. The van der Waals surface area contributed by atoms with Gasteiger partial charge in [-0.3, -0.25) is 10.1 Å². The quantitative estimate of drug-likeness (QED) is 0.169. The van der Waals surface area contributed by atoms with E-state index < -0.39 is 20.4 Å². The zero-order valence-electron chi connectivity index (χ0n) is 21.1. The van der Waals surface area contributed by atoms with Crippen LogP contribution in [0.3, 0.4) is 0 Å². The van der Waals surface area contributed by atoms with Gasteiger partial charge >= 0.3 is 34.7 Å². The Morgan fingerprint density at radius 2 is 1.49 bits per heavy atom. The first-order chi connectivity index (χ1) is 16.6. The van der Waals surface area contributed by atoms with Crippen molar-refractivity contribution in [3.05, 3.63) is 98.3 Å². The van der Waals surface area contributed by atoms with Gasteiger partial charge in [-0.15, -0.1) is 12.1 Å². The third kappa shape index (κ3) is 14.2. The van der Waals surface area contributed by atoms with Gasteiger partial charge in [-0.2, -0.15) is 31.4 Å². The number of alkyl halides is 3. The molecule has 0 aliphatic heterocycles. The van der Waals surface area contributed by atoms with E-state index in [0.29, 0.717) is 0 Å². The van der Waals surface area contributed by atoms with Crippen molar-refractivity contribution in [2.24, 2.45) is 0 Å². The maximum Gasteiger partial charge on any atom is 3.00 e. The molecule has 0 aliphatic carbocycles. The van der Waals surface area contributed by atoms with Gasteiger partial charge in [0, 0.05) is 26.2 Å². The molecule has 4 aromatic rings. The van der Waals surface area contributed by atoms with Crippen LogP contribution in [0, 0.1) is 13.5 Å². The summed E-state index contributed by atoms with van der Waals surface area (Å²) in [6.45, 7) is 8.76. The zero-order valence-corrected chi connectivity index (χ0v) is 25.5. The van der Waals surface area contributed by atoms with Crippen LogP contribution < -0.4 is 14.1 Å². The second-order valence-corrected chi connectivity index (χ2v) is 11.8. The fourth-order valence-electron chi connectivity index (χ4n) is 2.23. The Kier molecular flexibility index (Phi) is 16.8. The van der Waals surface area contributed by atoms with Crippen LogP contribution in [0.2, 0.25) is 0 Å². The van der Waals surface area contributed by atoms with Crippen molar-refractivity contribution >= 4 is 16.3 Å². The first-order valence-electron chi connectivity index (χ1n) is 10.5. The SMILES string of the molecule is C[PH+](C)C.C[PH+](Oc1[c-]cccc1)Oc1ccccc1.FC(F)(F)c1n[n-]c(-c2ccccn2)n1.[CH3-].[Ir+3]. The second-order valence-electron chi connectivity index (χ2n) is 7.41. The van der Waals surface area contributed by atoms with Gasteiger partial charge < -0.3 is 26.6 Å². The minimum atomic E-state index is -4.57. The van der Waals surface area contributed by atoms with Gasteiger partial charge in [0.1, 0.15) is 12.5 Å². The molecule has 2 aromatic heterocycles. The van der Waals surface area contributed by atoms with Crippen molar-refractivity contribution in [1.82, 2.24) is 20.2 Å². The summed E-state index contributed by atoms with van der Waals surface area (Å²) in [6, 6.07) is 25.0. The summed E-state index contributed by atoms with van der Waals surface area (Å²) in [5, 5.41) is 6.25. The Morgan fingerprint density at radius 1 is 0.865 bits per heavy atom. The van der Waals surface area contributed by atoms with Crippen molar-refractivity contribution in [3.8, 4) is 23.0 Å².